The van der Waals surface area contributed by atoms with Gasteiger partial charge < -0.3 is 25.5 Å². The van der Waals surface area contributed by atoms with E-state index in [2.05, 4.69) is 23.9 Å². The van der Waals surface area contributed by atoms with Crippen molar-refractivity contribution >= 4 is 29.3 Å². The zero-order valence-corrected chi connectivity index (χ0v) is 24.5. The van der Waals surface area contributed by atoms with E-state index in [1.54, 1.807) is 31.0 Å². The number of likely N-dealkylation sites (tertiary alicyclic amines) is 1. The van der Waals surface area contributed by atoms with Crippen LogP contribution in [0.1, 0.15) is 39.2 Å². The minimum absolute atomic E-state index is 0.0765. The van der Waals surface area contributed by atoms with E-state index in [0.717, 1.165) is 24.9 Å². The van der Waals surface area contributed by atoms with Gasteiger partial charge in [-0.15, -0.1) is 0 Å². The van der Waals surface area contributed by atoms with Crippen molar-refractivity contribution in [2.75, 3.05) is 59.5 Å². The topological polar surface area (TPSA) is 114 Å². The van der Waals surface area contributed by atoms with E-state index in [1.165, 1.54) is 4.90 Å². The van der Waals surface area contributed by atoms with Gasteiger partial charge in [-0.05, 0) is 43.4 Å². The molecule has 2 fully saturated rings. The Morgan fingerprint density at radius 1 is 1.00 bits per heavy atom. The van der Waals surface area contributed by atoms with Gasteiger partial charge in [0.05, 0.1) is 6.04 Å². The maximum absolute atomic E-state index is 13.8. The molecule has 0 bridgehead atoms. The van der Waals surface area contributed by atoms with Gasteiger partial charge in [0.25, 0.3) is 0 Å². The fourth-order valence-corrected chi connectivity index (χ4v) is 5.60. The molecule has 0 spiro atoms. The monoisotopic (exact) mass is 564 g/mol. The van der Waals surface area contributed by atoms with Crippen LogP contribution < -0.4 is 5.73 Å². The van der Waals surface area contributed by atoms with E-state index < -0.39 is 18.7 Å². The van der Waals surface area contributed by atoms with E-state index in [4.69, 9.17) is 17.3 Å². The first-order valence-electron chi connectivity index (χ1n) is 14.0. The van der Waals surface area contributed by atoms with Crippen LogP contribution in [0.2, 0.25) is 5.02 Å². The molecule has 0 aliphatic carbocycles. The molecule has 2 atom stereocenters. The molecule has 2 saturated heterocycles. The van der Waals surface area contributed by atoms with Crippen molar-refractivity contribution in [3.05, 3.63) is 34.9 Å². The third-order valence-corrected chi connectivity index (χ3v) is 7.94. The second kappa shape index (κ2) is 14.4. The Hall–Kier alpha value is -2.24. The first kappa shape index (κ1) is 31.3. The number of nitrogens with two attached hydrogens (primary N) is 1. The van der Waals surface area contributed by atoms with Gasteiger partial charge in [0.15, 0.2) is 0 Å². The second-order valence-electron chi connectivity index (χ2n) is 11.1. The molecule has 0 aromatic heterocycles. The van der Waals surface area contributed by atoms with Gasteiger partial charge in [-0.25, -0.2) is 10.0 Å². The highest BCUT2D eigenvalue weighted by molar-refractivity contribution is 6.30. The fraction of sp³-hybridized carbons (Fsp3) is 0.679. The van der Waals surface area contributed by atoms with Gasteiger partial charge in [-0.3, -0.25) is 14.4 Å². The van der Waals surface area contributed by atoms with Crippen LogP contribution in [0.5, 0.6) is 0 Å². The van der Waals surface area contributed by atoms with Crippen LogP contribution in [0.4, 0.5) is 0 Å². The minimum Gasteiger partial charge on any atom is -0.387 e. The van der Waals surface area contributed by atoms with Crippen molar-refractivity contribution in [2.45, 2.75) is 58.2 Å². The van der Waals surface area contributed by atoms with E-state index in [0.29, 0.717) is 62.7 Å². The molecule has 1 aromatic rings. The number of rotatable bonds is 10. The first-order chi connectivity index (χ1) is 18.5. The largest absolute Gasteiger partial charge is 0.387 e. The van der Waals surface area contributed by atoms with Crippen LogP contribution >= 0.6 is 11.6 Å². The summed E-state index contributed by atoms with van der Waals surface area (Å²) in [4.78, 5) is 43.6. The van der Waals surface area contributed by atoms with Gasteiger partial charge in [0.1, 0.15) is 12.6 Å². The number of aliphatic hydroxyl groups is 1. The molecule has 3 rings (SSSR count). The molecule has 2 aliphatic rings. The molecule has 11 heteroatoms. The number of aliphatic hydroxyl groups excluding tert-OH is 1. The molecular weight excluding hydrogens is 520 g/mol. The number of likely N-dealkylation sites (N-methyl/N-ethyl adjacent to an activating group) is 1. The average molecular weight is 565 g/mol. The third-order valence-electron chi connectivity index (χ3n) is 7.69. The molecule has 0 radical (unpaired) electrons. The number of hydrogen-bond acceptors (Lipinski definition) is 7. The van der Waals surface area contributed by atoms with Crippen molar-refractivity contribution in [2.24, 2.45) is 11.7 Å². The lowest BCUT2D eigenvalue weighted by Gasteiger charge is -2.48. The van der Waals surface area contributed by atoms with Gasteiger partial charge in [-0.2, -0.15) is 0 Å². The van der Waals surface area contributed by atoms with Crippen LogP contribution in [0.15, 0.2) is 24.3 Å². The SMILES string of the molecule is CC(C)CN(C1CCN(C(=O)CO)CC1)N1CCN(C(=O)[C@@H](Cc2ccc(Cl)cc2)N(C)C(=O)C(C)N)CC1. The number of hydrogen-bond donors (Lipinski definition) is 2. The first-order valence-corrected chi connectivity index (χ1v) is 14.3. The number of carbonyl (C=O) groups is 3. The Balaban J connectivity index is 1.68. The van der Waals surface area contributed by atoms with Crippen molar-refractivity contribution < 1.29 is 19.5 Å². The maximum Gasteiger partial charge on any atom is 0.248 e. The summed E-state index contributed by atoms with van der Waals surface area (Å²) in [5.74, 6) is -0.0949. The molecule has 2 aliphatic heterocycles. The molecule has 3 N–H and O–H groups in total. The Labute approximate surface area is 237 Å². The molecule has 0 saturated carbocycles. The number of halogens is 1. The summed E-state index contributed by atoms with van der Waals surface area (Å²) in [6, 6.07) is 6.30. The summed E-state index contributed by atoms with van der Waals surface area (Å²) in [6.45, 7) is 10.3. The Morgan fingerprint density at radius 2 is 1.59 bits per heavy atom. The van der Waals surface area contributed by atoms with E-state index in [9.17, 15) is 19.5 Å². The molecule has 2 heterocycles. The quantitative estimate of drug-likeness (QED) is 0.437. The van der Waals surface area contributed by atoms with Crippen LogP contribution in [0, 0.1) is 5.92 Å². The van der Waals surface area contributed by atoms with Crippen LogP contribution in [0.3, 0.4) is 0 Å². The van der Waals surface area contributed by atoms with E-state index in [1.807, 2.05) is 17.0 Å². The number of piperazine rings is 1. The van der Waals surface area contributed by atoms with E-state index in [-0.39, 0.29) is 17.7 Å². The predicted molar refractivity (Wildman–Crippen MR) is 152 cm³/mol. The molecule has 218 valence electrons. The summed E-state index contributed by atoms with van der Waals surface area (Å²) < 4.78 is 0. The fourth-order valence-electron chi connectivity index (χ4n) is 5.48. The van der Waals surface area contributed by atoms with Gasteiger partial charge in [0, 0.05) is 70.3 Å². The highest BCUT2D eigenvalue weighted by Gasteiger charge is 2.36. The molecule has 1 unspecified atom stereocenters. The van der Waals surface area contributed by atoms with Crippen LogP contribution in [-0.4, -0.2) is 125 Å². The summed E-state index contributed by atoms with van der Waals surface area (Å²) in [6.07, 6.45) is 2.09. The lowest BCUT2D eigenvalue weighted by atomic mass is 10.0. The number of benzene rings is 1. The standard InChI is InChI=1S/C28H45ClN6O4/c1-20(2)18-35(24-9-11-32(12-10-24)26(37)19-36)34-15-13-33(14-16-34)28(39)25(31(4)27(38)21(3)30)17-22-5-7-23(29)8-6-22/h5-8,20-21,24-25,36H,9-19,30H2,1-4H3/t21?,25-/m1/s1. The van der Waals surface area contributed by atoms with Gasteiger partial charge >= 0.3 is 0 Å². The smallest absolute Gasteiger partial charge is 0.248 e. The Morgan fingerprint density at radius 3 is 2.10 bits per heavy atom. The number of amides is 3. The van der Waals surface area contributed by atoms with Gasteiger partial charge in [-0.1, -0.05) is 37.6 Å². The van der Waals surface area contributed by atoms with Gasteiger partial charge in [0.2, 0.25) is 17.7 Å². The number of carbonyl (C=O) groups excluding carboxylic acids is 3. The predicted octanol–water partition coefficient (Wildman–Crippen LogP) is 1.06. The Kier molecular flexibility index (Phi) is 11.6. The molecule has 39 heavy (non-hydrogen) atoms. The zero-order chi connectivity index (χ0) is 28.7. The third kappa shape index (κ3) is 8.38. The Bertz CT molecular complexity index is 959. The summed E-state index contributed by atoms with van der Waals surface area (Å²) in [5, 5.41) is 14.6. The lowest BCUT2D eigenvalue weighted by Crippen LogP contribution is -2.62. The van der Waals surface area contributed by atoms with E-state index >= 15 is 0 Å². The maximum atomic E-state index is 13.8. The number of hydrazine groups is 1. The molecule has 10 nitrogen and oxygen atoms in total. The van der Waals surface area contributed by atoms with Crippen molar-refractivity contribution in [3.63, 3.8) is 0 Å². The average Bonchev–Trinajstić information content (AvgIpc) is 2.94. The summed E-state index contributed by atoms with van der Waals surface area (Å²) in [7, 11) is 1.65. The van der Waals surface area contributed by atoms with Crippen molar-refractivity contribution in [3.8, 4) is 0 Å². The van der Waals surface area contributed by atoms with Crippen LogP contribution in [-0.2, 0) is 20.8 Å². The normalized spacial score (nSPS) is 18.9. The number of nitrogens with zero attached hydrogens (tertiary/aromatic N) is 5. The highest BCUT2D eigenvalue weighted by Crippen LogP contribution is 2.22. The minimum atomic E-state index is -0.698. The molecule has 3 amide bonds. The zero-order valence-electron chi connectivity index (χ0n) is 23.8. The van der Waals surface area contributed by atoms with Crippen LogP contribution in [0.25, 0.3) is 0 Å². The van der Waals surface area contributed by atoms with Crippen molar-refractivity contribution in [1.82, 2.24) is 24.7 Å². The number of piperidine rings is 1. The molecule has 1 aromatic carbocycles. The lowest BCUT2D eigenvalue weighted by molar-refractivity contribution is -0.151. The van der Waals surface area contributed by atoms with Crippen molar-refractivity contribution in [1.29, 1.82) is 0 Å². The summed E-state index contributed by atoms with van der Waals surface area (Å²) in [5.41, 5.74) is 6.81. The summed E-state index contributed by atoms with van der Waals surface area (Å²) >= 11 is 6.05. The highest BCUT2D eigenvalue weighted by atomic mass is 35.5. The second-order valence-corrected chi connectivity index (χ2v) is 11.6. The molecular formula is C28H45ClN6O4.